The molecule has 2 heterocycles. The molecule has 2 aliphatic rings. The average Bonchev–Trinajstić information content (AvgIpc) is 2.58. The summed E-state index contributed by atoms with van der Waals surface area (Å²) in [4.78, 5) is 14.2. The molecule has 3 rings (SSSR count). The molecule has 2 unspecified atom stereocenters. The zero-order valence-electron chi connectivity index (χ0n) is 16.4. The van der Waals surface area contributed by atoms with E-state index in [-0.39, 0.29) is 37.2 Å². The molecule has 29 heavy (non-hydrogen) atoms. The number of nitrogens with zero attached hydrogens (tertiary/aromatic N) is 2. The highest BCUT2D eigenvalue weighted by Crippen LogP contribution is 2.43. The third-order valence-corrected chi connectivity index (χ3v) is 5.08. The smallest absolute Gasteiger partial charge is 0.416 e. The lowest BCUT2D eigenvalue weighted by atomic mass is 9.76. The summed E-state index contributed by atoms with van der Waals surface area (Å²) in [5, 5.41) is 20.4. The van der Waals surface area contributed by atoms with E-state index in [1.54, 1.807) is 26.8 Å². The maximum Gasteiger partial charge on any atom is 0.416 e. The topological polar surface area (TPSA) is 82.8 Å². The Labute approximate surface area is 166 Å². The van der Waals surface area contributed by atoms with Gasteiger partial charge in [-0.3, -0.25) is 4.90 Å². The predicted octanol–water partition coefficient (Wildman–Crippen LogP) is 3.56. The second-order valence-electron chi connectivity index (χ2n) is 8.58. The summed E-state index contributed by atoms with van der Waals surface area (Å²) < 4.78 is 50.7. The van der Waals surface area contributed by atoms with Crippen molar-refractivity contribution < 1.29 is 32.5 Å². The van der Waals surface area contributed by atoms with Gasteiger partial charge in [-0.2, -0.15) is 18.4 Å². The molecular weight excluding hydrogens is 389 g/mol. The van der Waals surface area contributed by atoms with Crippen LogP contribution in [0.4, 0.5) is 18.0 Å². The summed E-state index contributed by atoms with van der Waals surface area (Å²) in [5.41, 5.74) is -3.48. The quantitative estimate of drug-likeness (QED) is 0.763. The number of hydrogen-bond acceptors (Lipinski definition) is 5. The Morgan fingerprint density at radius 2 is 1.83 bits per heavy atom. The number of nitriles is 1. The van der Waals surface area contributed by atoms with Gasteiger partial charge in [0.2, 0.25) is 0 Å². The van der Waals surface area contributed by atoms with Crippen LogP contribution in [0.3, 0.4) is 0 Å². The molecule has 2 saturated heterocycles. The normalized spacial score (nSPS) is 27.3. The van der Waals surface area contributed by atoms with Crippen LogP contribution < -0.4 is 0 Å². The van der Waals surface area contributed by atoms with Crippen LogP contribution in [-0.2, 0) is 21.3 Å². The largest absolute Gasteiger partial charge is 0.444 e. The van der Waals surface area contributed by atoms with Crippen molar-refractivity contribution >= 4 is 6.09 Å². The second kappa shape index (κ2) is 7.18. The second-order valence-corrected chi connectivity index (χ2v) is 8.58. The van der Waals surface area contributed by atoms with Crippen LogP contribution in [0, 0.1) is 11.3 Å². The van der Waals surface area contributed by atoms with Gasteiger partial charge in [0.1, 0.15) is 5.60 Å². The van der Waals surface area contributed by atoms with E-state index in [0.717, 1.165) is 12.1 Å². The number of alkyl halides is 3. The number of hydrogen-bond donors (Lipinski definition) is 1. The third kappa shape index (κ3) is 4.49. The molecule has 0 aromatic heterocycles. The van der Waals surface area contributed by atoms with Crippen LogP contribution in [0.15, 0.2) is 18.2 Å². The molecule has 1 N–H and O–H groups in total. The summed E-state index contributed by atoms with van der Waals surface area (Å²) in [6, 6.07) is 3.52. The van der Waals surface area contributed by atoms with Crippen molar-refractivity contribution in [3.05, 3.63) is 34.9 Å². The van der Waals surface area contributed by atoms with Gasteiger partial charge in [0, 0.05) is 12.8 Å². The number of amides is 1. The van der Waals surface area contributed by atoms with Gasteiger partial charge in [-0.1, -0.05) is 0 Å². The predicted molar refractivity (Wildman–Crippen MR) is 95.8 cm³/mol. The molecule has 6 nitrogen and oxygen atoms in total. The molecule has 0 saturated carbocycles. The summed E-state index contributed by atoms with van der Waals surface area (Å²) in [6.07, 6.45) is -5.22. The molecular formula is C20H23F3N2O4. The average molecular weight is 412 g/mol. The van der Waals surface area contributed by atoms with Gasteiger partial charge < -0.3 is 14.6 Å². The van der Waals surface area contributed by atoms with Crippen molar-refractivity contribution in [1.29, 1.82) is 5.26 Å². The van der Waals surface area contributed by atoms with Gasteiger partial charge in [0.05, 0.1) is 48.1 Å². The summed E-state index contributed by atoms with van der Waals surface area (Å²) in [6.45, 7) is 5.50. The van der Waals surface area contributed by atoms with Crippen molar-refractivity contribution in [3.63, 3.8) is 0 Å². The Morgan fingerprint density at radius 3 is 2.31 bits per heavy atom. The number of benzene rings is 1. The Bertz CT molecular complexity index is 828. The van der Waals surface area contributed by atoms with Gasteiger partial charge in [-0.25, -0.2) is 4.79 Å². The molecule has 2 fully saturated rings. The SMILES string of the molecule is CC(C)(C)OC(=O)N1C2COCC1CC(O)(c1cc(C#N)cc(C(F)(F)F)c1)C2. The molecule has 2 atom stereocenters. The fraction of sp³-hybridized carbons (Fsp3) is 0.600. The molecule has 0 radical (unpaired) electrons. The number of fused-ring (bicyclic) bond motifs is 2. The van der Waals surface area contributed by atoms with Gasteiger partial charge >= 0.3 is 12.3 Å². The van der Waals surface area contributed by atoms with Crippen LogP contribution in [0.2, 0.25) is 0 Å². The van der Waals surface area contributed by atoms with E-state index in [4.69, 9.17) is 14.7 Å². The molecule has 9 heteroatoms. The van der Waals surface area contributed by atoms with E-state index in [2.05, 4.69) is 0 Å². The van der Waals surface area contributed by atoms with Gasteiger partial charge in [-0.05, 0) is 44.5 Å². The summed E-state index contributed by atoms with van der Waals surface area (Å²) >= 11 is 0. The zero-order chi connectivity index (χ0) is 21.6. The summed E-state index contributed by atoms with van der Waals surface area (Å²) in [5.74, 6) is 0. The monoisotopic (exact) mass is 412 g/mol. The number of carbonyl (C=O) groups excluding carboxylic acids is 1. The lowest BCUT2D eigenvalue weighted by Gasteiger charge is -2.51. The van der Waals surface area contributed by atoms with Crippen molar-refractivity contribution in [2.75, 3.05) is 13.2 Å². The van der Waals surface area contributed by atoms with Gasteiger partial charge in [-0.15, -0.1) is 0 Å². The minimum Gasteiger partial charge on any atom is -0.444 e. The minimum absolute atomic E-state index is 0.0182. The van der Waals surface area contributed by atoms with E-state index >= 15 is 0 Å². The molecule has 158 valence electrons. The molecule has 1 aromatic carbocycles. The van der Waals surface area contributed by atoms with Crippen molar-refractivity contribution in [2.45, 2.75) is 63.1 Å². The number of aliphatic hydroxyl groups is 1. The summed E-state index contributed by atoms with van der Waals surface area (Å²) in [7, 11) is 0. The van der Waals surface area contributed by atoms with Crippen molar-refractivity contribution in [1.82, 2.24) is 4.90 Å². The molecule has 0 aliphatic carbocycles. The zero-order valence-corrected chi connectivity index (χ0v) is 16.4. The Morgan fingerprint density at radius 1 is 1.24 bits per heavy atom. The fourth-order valence-electron chi connectivity index (χ4n) is 3.95. The van der Waals surface area contributed by atoms with Crippen molar-refractivity contribution in [2.24, 2.45) is 0 Å². The van der Waals surface area contributed by atoms with Crippen molar-refractivity contribution in [3.8, 4) is 6.07 Å². The van der Waals surface area contributed by atoms with Crippen LogP contribution in [-0.4, -0.2) is 47.0 Å². The maximum atomic E-state index is 13.3. The van der Waals surface area contributed by atoms with Crippen LogP contribution in [0.25, 0.3) is 0 Å². The number of piperidine rings is 1. The molecule has 1 aromatic rings. The standard InChI is InChI=1S/C20H23F3N2O4/c1-18(2,3)29-17(26)25-15-7-19(27,8-16(25)11-28-10-15)13-4-12(9-24)5-14(6-13)20(21,22)23/h4-6,15-16,27H,7-8,10-11H2,1-3H3. The molecule has 2 bridgehead atoms. The Balaban J connectivity index is 1.94. The Kier molecular flexibility index (Phi) is 5.30. The maximum absolute atomic E-state index is 13.3. The first-order valence-corrected chi connectivity index (χ1v) is 9.27. The number of morpholine rings is 1. The van der Waals surface area contributed by atoms with E-state index in [0.29, 0.717) is 0 Å². The van der Waals surface area contributed by atoms with Crippen LogP contribution in [0.1, 0.15) is 50.3 Å². The van der Waals surface area contributed by atoms with Gasteiger partial charge in [0.15, 0.2) is 0 Å². The first-order chi connectivity index (χ1) is 13.3. The van der Waals surface area contributed by atoms with Gasteiger partial charge in [0.25, 0.3) is 0 Å². The van der Waals surface area contributed by atoms with E-state index in [9.17, 15) is 23.1 Å². The van der Waals surface area contributed by atoms with E-state index in [1.807, 2.05) is 0 Å². The van der Waals surface area contributed by atoms with Crippen LogP contribution in [0.5, 0.6) is 0 Å². The highest BCUT2D eigenvalue weighted by atomic mass is 19.4. The molecule has 0 spiro atoms. The lowest BCUT2D eigenvalue weighted by Crippen LogP contribution is -2.63. The number of rotatable bonds is 1. The lowest BCUT2D eigenvalue weighted by molar-refractivity contribution is -0.143. The molecule has 1 amide bonds. The Hall–Kier alpha value is -2.31. The van der Waals surface area contributed by atoms with E-state index in [1.165, 1.54) is 11.0 Å². The highest BCUT2D eigenvalue weighted by Gasteiger charge is 2.50. The minimum atomic E-state index is -4.64. The number of ether oxygens (including phenoxy) is 2. The van der Waals surface area contributed by atoms with Crippen LogP contribution >= 0.6 is 0 Å². The first kappa shape index (κ1) is 21.4. The van der Waals surface area contributed by atoms with E-state index < -0.39 is 41.1 Å². The first-order valence-electron chi connectivity index (χ1n) is 9.27. The highest BCUT2D eigenvalue weighted by molar-refractivity contribution is 5.69. The molecule has 2 aliphatic heterocycles. The third-order valence-electron chi connectivity index (χ3n) is 5.08. The number of halogens is 3. The number of carbonyl (C=O) groups is 1. The fourth-order valence-corrected chi connectivity index (χ4v) is 3.95.